The number of carbonyl (C=O) groups excluding carboxylic acids is 1. The first-order chi connectivity index (χ1) is 14.3. The number of Topliss-reactive ketones (excluding diaryl/α,β-unsaturated/α-hetero) is 1. The summed E-state index contributed by atoms with van der Waals surface area (Å²) in [4.78, 5) is 17.1. The van der Waals surface area contributed by atoms with Crippen molar-refractivity contribution in [2.75, 3.05) is 0 Å². The van der Waals surface area contributed by atoms with Crippen molar-refractivity contribution in [3.8, 4) is 22.5 Å². The molecule has 0 aliphatic heterocycles. The molecule has 1 aromatic heterocycles. The molecule has 29 heavy (non-hydrogen) atoms. The molecule has 3 heteroatoms. The van der Waals surface area contributed by atoms with Gasteiger partial charge in [0.1, 0.15) is 5.78 Å². The quantitative estimate of drug-likeness (QED) is 0.387. The zero-order valence-corrected chi connectivity index (χ0v) is 16.4. The number of hydrogen-bond donors (Lipinski definition) is 0. The molecule has 0 amide bonds. The normalized spacial score (nSPS) is 10.8. The average molecular weight is 380 g/mol. The number of benzene rings is 3. The number of carbonyl (C=O) groups is 1. The lowest BCUT2D eigenvalue weighted by Crippen LogP contribution is -2.06. The van der Waals surface area contributed by atoms with Gasteiger partial charge in [0.15, 0.2) is 0 Å². The molecule has 0 saturated heterocycles. The standard InChI is InChI=1S/C26H24N2O/c29-24(19-21-11-4-1-5-12-21)17-10-18-28-20-27-25(22-13-6-2-7-14-22)26(28)23-15-8-3-9-16-23/h1-9,11-16,20H,10,17-19H2. The first-order valence-corrected chi connectivity index (χ1v) is 10.0. The van der Waals surface area contributed by atoms with E-state index in [1.54, 1.807) is 0 Å². The molecule has 0 fully saturated rings. The molecule has 0 radical (unpaired) electrons. The molecular formula is C26H24N2O. The van der Waals surface area contributed by atoms with Crippen molar-refractivity contribution in [2.24, 2.45) is 0 Å². The van der Waals surface area contributed by atoms with Gasteiger partial charge in [0.2, 0.25) is 0 Å². The van der Waals surface area contributed by atoms with Crippen LogP contribution in [0, 0.1) is 0 Å². The zero-order valence-electron chi connectivity index (χ0n) is 16.4. The molecule has 0 bridgehead atoms. The Labute approximate surface area is 171 Å². The van der Waals surface area contributed by atoms with E-state index in [9.17, 15) is 4.79 Å². The molecule has 144 valence electrons. The summed E-state index contributed by atoms with van der Waals surface area (Å²) in [5.41, 5.74) is 5.40. The summed E-state index contributed by atoms with van der Waals surface area (Å²) in [6.45, 7) is 0.768. The number of nitrogens with zero attached hydrogens (tertiary/aromatic N) is 2. The average Bonchev–Trinajstić information content (AvgIpc) is 3.19. The van der Waals surface area contributed by atoms with Gasteiger partial charge in [-0.25, -0.2) is 4.98 Å². The second kappa shape index (κ2) is 9.16. The molecule has 0 N–H and O–H groups in total. The van der Waals surface area contributed by atoms with Gasteiger partial charge in [-0.15, -0.1) is 0 Å². The molecule has 0 unspecified atom stereocenters. The molecule has 0 atom stereocenters. The summed E-state index contributed by atoms with van der Waals surface area (Å²) in [6.07, 6.45) is 3.77. The van der Waals surface area contributed by atoms with E-state index in [2.05, 4.69) is 28.8 Å². The Bertz CT molecular complexity index is 1050. The van der Waals surface area contributed by atoms with Crippen molar-refractivity contribution in [3.05, 3.63) is 103 Å². The van der Waals surface area contributed by atoms with Gasteiger partial charge in [0.05, 0.1) is 17.7 Å². The highest BCUT2D eigenvalue weighted by Crippen LogP contribution is 2.31. The second-order valence-corrected chi connectivity index (χ2v) is 7.17. The minimum atomic E-state index is 0.279. The minimum absolute atomic E-state index is 0.279. The number of ketones is 1. The van der Waals surface area contributed by atoms with Crippen molar-refractivity contribution in [1.29, 1.82) is 0 Å². The maximum absolute atomic E-state index is 12.4. The Kier molecular flexibility index (Phi) is 5.96. The van der Waals surface area contributed by atoms with Gasteiger partial charge in [0.25, 0.3) is 0 Å². The second-order valence-electron chi connectivity index (χ2n) is 7.17. The van der Waals surface area contributed by atoms with Crippen molar-refractivity contribution in [3.63, 3.8) is 0 Å². The number of aryl methyl sites for hydroxylation is 1. The van der Waals surface area contributed by atoms with Crippen LogP contribution in [0.5, 0.6) is 0 Å². The largest absolute Gasteiger partial charge is 0.330 e. The maximum Gasteiger partial charge on any atom is 0.137 e. The topological polar surface area (TPSA) is 34.9 Å². The lowest BCUT2D eigenvalue weighted by atomic mass is 10.0. The van der Waals surface area contributed by atoms with Crippen molar-refractivity contribution in [1.82, 2.24) is 9.55 Å². The molecule has 0 aliphatic carbocycles. The fourth-order valence-corrected chi connectivity index (χ4v) is 3.62. The van der Waals surface area contributed by atoms with E-state index >= 15 is 0 Å². The number of imidazole rings is 1. The van der Waals surface area contributed by atoms with Crippen molar-refractivity contribution >= 4 is 5.78 Å². The fraction of sp³-hybridized carbons (Fsp3) is 0.154. The third-order valence-electron chi connectivity index (χ3n) is 5.03. The van der Waals surface area contributed by atoms with E-state index in [1.807, 2.05) is 73.1 Å². The van der Waals surface area contributed by atoms with Crippen LogP contribution in [0.4, 0.5) is 0 Å². The van der Waals surface area contributed by atoms with E-state index in [0.29, 0.717) is 12.8 Å². The number of aromatic nitrogens is 2. The van der Waals surface area contributed by atoms with Crippen LogP contribution in [-0.2, 0) is 17.8 Å². The van der Waals surface area contributed by atoms with E-state index in [1.165, 1.54) is 0 Å². The molecule has 1 heterocycles. The van der Waals surface area contributed by atoms with Crippen molar-refractivity contribution in [2.45, 2.75) is 25.8 Å². The molecular weight excluding hydrogens is 356 g/mol. The molecule has 0 saturated carbocycles. The summed E-state index contributed by atoms with van der Waals surface area (Å²) in [5, 5.41) is 0. The monoisotopic (exact) mass is 380 g/mol. The van der Waals surface area contributed by atoms with Gasteiger partial charge in [-0.3, -0.25) is 4.79 Å². The highest BCUT2D eigenvalue weighted by Gasteiger charge is 2.15. The maximum atomic E-state index is 12.4. The fourth-order valence-electron chi connectivity index (χ4n) is 3.62. The van der Waals surface area contributed by atoms with Crippen LogP contribution in [0.2, 0.25) is 0 Å². The molecule has 4 aromatic rings. The van der Waals surface area contributed by atoms with E-state index < -0.39 is 0 Å². The molecule has 0 spiro atoms. The Morgan fingerprint density at radius 1 is 0.759 bits per heavy atom. The summed E-state index contributed by atoms with van der Waals surface area (Å²) in [6, 6.07) is 30.5. The van der Waals surface area contributed by atoms with Crippen LogP contribution in [0.25, 0.3) is 22.5 Å². The molecule has 3 aromatic carbocycles. The zero-order chi connectivity index (χ0) is 19.9. The minimum Gasteiger partial charge on any atom is -0.330 e. The van der Waals surface area contributed by atoms with Crippen LogP contribution in [0.1, 0.15) is 18.4 Å². The van der Waals surface area contributed by atoms with Gasteiger partial charge < -0.3 is 4.57 Å². The summed E-state index contributed by atoms with van der Waals surface area (Å²) >= 11 is 0. The number of rotatable bonds is 8. The van der Waals surface area contributed by atoms with Gasteiger partial charge in [0, 0.05) is 30.5 Å². The summed E-state index contributed by atoms with van der Waals surface area (Å²) in [5.74, 6) is 0.279. The lowest BCUT2D eigenvalue weighted by Gasteiger charge is -2.11. The van der Waals surface area contributed by atoms with E-state index in [4.69, 9.17) is 4.98 Å². The predicted molar refractivity (Wildman–Crippen MR) is 117 cm³/mol. The van der Waals surface area contributed by atoms with Gasteiger partial charge >= 0.3 is 0 Å². The van der Waals surface area contributed by atoms with Crippen molar-refractivity contribution < 1.29 is 4.79 Å². The Hall–Kier alpha value is -3.46. The SMILES string of the molecule is O=C(CCCn1cnc(-c2ccccc2)c1-c1ccccc1)Cc1ccccc1. The number of hydrogen-bond acceptors (Lipinski definition) is 2. The summed E-state index contributed by atoms with van der Waals surface area (Å²) in [7, 11) is 0. The highest BCUT2D eigenvalue weighted by atomic mass is 16.1. The predicted octanol–water partition coefficient (Wildman–Crippen LogP) is 5.81. The van der Waals surface area contributed by atoms with E-state index in [-0.39, 0.29) is 5.78 Å². The first-order valence-electron chi connectivity index (χ1n) is 10.0. The smallest absolute Gasteiger partial charge is 0.137 e. The van der Waals surface area contributed by atoms with Crippen LogP contribution < -0.4 is 0 Å². The first kappa shape index (κ1) is 18.9. The van der Waals surface area contributed by atoms with Gasteiger partial charge in [-0.2, -0.15) is 0 Å². The molecule has 0 aliphatic rings. The Morgan fingerprint density at radius 2 is 1.34 bits per heavy atom. The van der Waals surface area contributed by atoms with Gasteiger partial charge in [-0.05, 0) is 12.0 Å². The van der Waals surface area contributed by atoms with Gasteiger partial charge in [-0.1, -0.05) is 91.0 Å². The third kappa shape index (κ3) is 4.69. The van der Waals surface area contributed by atoms with Crippen LogP contribution in [-0.4, -0.2) is 15.3 Å². The van der Waals surface area contributed by atoms with Crippen LogP contribution in [0.3, 0.4) is 0 Å². The Balaban J connectivity index is 1.50. The van der Waals surface area contributed by atoms with Crippen LogP contribution in [0.15, 0.2) is 97.3 Å². The molecule has 3 nitrogen and oxygen atoms in total. The summed E-state index contributed by atoms with van der Waals surface area (Å²) < 4.78 is 2.17. The Morgan fingerprint density at radius 3 is 2.00 bits per heavy atom. The van der Waals surface area contributed by atoms with E-state index in [0.717, 1.165) is 41.0 Å². The van der Waals surface area contributed by atoms with Crippen LogP contribution >= 0.6 is 0 Å². The molecule has 4 rings (SSSR count). The lowest BCUT2D eigenvalue weighted by molar-refractivity contribution is -0.118. The highest BCUT2D eigenvalue weighted by molar-refractivity contribution is 5.81. The third-order valence-corrected chi connectivity index (χ3v) is 5.03.